The molecule has 126 valence electrons. The molecule has 10 nitrogen and oxygen atoms in total. The van der Waals surface area contributed by atoms with Crippen molar-refractivity contribution in [2.45, 2.75) is 0 Å². The van der Waals surface area contributed by atoms with Gasteiger partial charge in [-0.15, -0.1) is 0 Å². The molecule has 1 saturated heterocycles. The highest BCUT2D eigenvalue weighted by Crippen LogP contribution is 2.39. The maximum atomic E-state index is 12.1. The fourth-order valence-corrected chi connectivity index (χ4v) is 2.75. The molecule has 1 heterocycles. The molecule has 1 aromatic rings. The summed E-state index contributed by atoms with van der Waals surface area (Å²) in [6.07, 6.45) is 1.11. The lowest BCUT2D eigenvalue weighted by Crippen LogP contribution is -2.36. The van der Waals surface area contributed by atoms with Crippen LogP contribution in [0.4, 0.5) is 10.5 Å². The van der Waals surface area contributed by atoms with Gasteiger partial charge in [-0.2, -0.15) is 0 Å². The number of nitro benzene ring substituents is 1. The molecule has 24 heavy (non-hydrogen) atoms. The fourth-order valence-electron chi connectivity index (χ4n) is 1.92. The molecule has 0 atom stereocenters. The molecule has 3 N–H and O–H groups in total. The molecular formula is C13H11N3O7S. The highest BCUT2D eigenvalue weighted by Gasteiger charge is 2.36. The number of nitrogens with two attached hydrogens (primary N) is 1. The van der Waals surface area contributed by atoms with Gasteiger partial charge in [-0.05, 0) is 17.8 Å². The summed E-state index contributed by atoms with van der Waals surface area (Å²) in [5.74, 6) is -2.23. The van der Waals surface area contributed by atoms with Gasteiger partial charge in [0.25, 0.3) is 16.8 Å². The van der Waals surface area contributed by atoms with Crippen LogP contribution in [0, 0.1) is 10.1 Å². The molecule has 3 amide bonds. The van der Waals surface area contributed by atoms with Crippen molar-refractivity contribution in [3.05, 3.63) is 32.7 Å². The summed E-state index contributed by atoms with van der Waals surface area (Å²) in [4.78, 5) is 45.5. The predicted octanol–water partition coefficient (Wildman–Crippen LogP) is 0.831. The van der Waals surface area contributed by atoms with Gasteiger partial charge < -0.3 is 15.6 Å². The Kier molecular flexibility index (Phi) is 4.74. The standard InChI is InChI=1S/C13H11N3O7S/c1-23-8-4-7(16(21)22)2-6(11(8)18)3-9-12(19)15(5-10(14)17)13(20)24-9/h2-4,18H,5H2,1H3,(H2,14,17)/b9-3-. The van der Waals surface area contributed by atoms with Crippen molar-refractivity contribution >= 4 is 40.6 Å². The smallest absolute Gasteiger partial charge is 0.294 e. The summed E-state index contributed by atoms with van der Waals surface area (Å²) in [6, 6.07) is 2.05. The summed E-state index contributed by atoms with van der Waals surface area (Å²) < 4.78 is 4.85. The van der Waals surface area contributed by atoms with E-state index in [1.807, 2.05) is 0 Å². The van der Waals surface area contributed by atoms with Crippen LogP contribution in [0.15, 0.2) is 17.0 Å². The Labute approximate surface area is 139 Å². The third-order valence-corrected chi connectivity index (χ3v) is 3.90. The van der Waals surface area contributed by atoms with E-state index < -0.39 is 34.3 Å². The van der Waals surface area contributed by atoms with Gasteiger partial charge in [0, 0.05) is 11.6 Å². The lowest BCUT2D eigenvalue weighted by molar-refractivity contribution is -0.385. The largest absolute Gasteiger partial charge is 0.504 e. The van der Waals surface area contributed by atoms with Gasteiger partial charge in [0.1, 0.15) is 6.54 Å². The number of phenols is 1. The van der Waals surface area contributed by atoms with Gasteiger partial charge in [-0.3, -0.25) is 29.4 Å². The van der Waals surface area contributed by atoms with E-state index in [1.165, 1.54) is 7.11 Å². The topological polar surface area (TPSA) is 153 Å². The second kappa shape index (κ2) is 6.58. The number of benzene rings is 1. The van der Waals surface area contributed by atoms with Crippen LogP contribution in [0.2, 0.25) is 0 Å². The number of nitro groups is 1. The number of non-ortho nitro benzene ring substituents is 1. The van der Waals surface area contributed by atoms with Gasteiger partial charge in [0.05, 0.1) is 23.0 Å². The Bertz CT molecular complexity index is 790. The van der Waals surface area contributed by atoms with E-state index >= 15 is 0 Å². The number of hydrogen-bond acceptors (Lipinski definition) is 8. The maximum Gasteiger partial charge on any atom is 0.294 e. The molecule has 1 aliphatic rings. The van der Waals surface area contributed by atoms with Crippen molar-refractivity contribution in [3.63, 3.8) is 0 Å². The van der Waals surface area contributed by atoms with E-state index in [9.17, 15) is 29.6 Å². The molecule has 1 aliphatic heterocycles. The number of hydrogen-bond donors (Lipinski definition) is 2. The SMILES string of the molecule is COc1cc([N+](=O)[O-])cc(/C=C2\SC(=O)N(CC(N)=O)C2=O)c1O. The molecule has 1 fully saturated rings. The first-order valence-corrected chi connectivity index (χ1v) is 7.15. The Hall–Kier alpha value is -3.08. The molecule has 2 rings (SSSR count). The van der Waals surface area contributed by atoms with E-state index in [2.05, 4.69) is 0 Å². The molecule has 1 aromatic carbocycles. The first-order valence-electron chi connectivity index (χ1n) is 6.33. The molecule has 0 unspecified atom stereocenters. The highest BCUT2D eigenvalue weighted by molar-refractivity contribution is 8.18. The number of thioether (sulfide) groups is 1. The summed E-state index contributed by atoms with van der Waals surface area (Å²) in [5, 5.41) is 20.2. The van der Waals surface area contributed by atoms with E-state index in [0.717, 1.165) is 18.2 Å². The van der Waals surface area contributed by atoms with Crippen LogP contribution >= 0.6 is 11.8 Å². The number of carbonyl (C=O) groups is 3. The van der Waals surface area contributed by atoms with Crippen molar-refractivity contribution in [3.8, 4) is 11.5 Å². The van der Waals surface area contributed by atoms with Crippen LogP contribution in [-0.2, 0) is 9.59 Å². The van der Waals surface area contributed by atoms with Gasteiger partial charge in [-0.25, -0.2) is 0 Å². The number of aromatic hydroxyl groups is 1. The minimum atomic E-state index is -0.863. The number of primary amides is 1. The molecule has 11 heteroatoms. The molecular weight excluding hydrogens is 342 g/mol. The molecule has 0 aliphatic carbocycles. The zero-order chi connectivity index (χ0) is 18.0. The average Bonchev–Trinajstić information content (AvgIpc) is 2.76. The zero-order valence-corrected chi connectivity index (χ0v) is 13.0. The predicted molar refractivity (Wildman–Crippen MR) is 83.2 cm³/mol. The first kappa shape index (κ1) is 17.3. The first-order chi connectivity index (χ1) is 11.2. The zero-order valence-electron chi connectivity index (χ0n) is 12.2. The average molecular weight is 353 g/mol. The Morgan fingerprint density at radius 1 is 1.50 bits per heavy atom. The molecule has 0 radical (unpaired) electrons. The summed E-state index contributed by atoms with van der Waals surface area (Å²) in [5.41, 5.74) is 4.52. The van der Waals surface area contributed by atoms with Gasteiger partial charge in [0.15, 0.2) is 11.5 Å². The van der Waals surface area contributed by atoms with E-state index in [0.29, 0.717) is 16.7 Å². The monoisotopic (exact) mass is 353 g/mol. The lowest BCUT2D eigenvalue weighted by Gasteiger charge is -2.09. The van der Waals surface area contributed by atoms with Crippen molar-refractivity contribution in [1.82, 2.24) is 4.90 Å². The number of methoxy groups -OCH3 is 1. The fraction of sp³-hybridized carbons (Fsp3) is 0.154. The normalized spacial score (nSPS) is 15.9. The van der Waals surface area contributed by atoms with Crippen molar-refractivity contribution in [2.24, 2.45) is 5.73 Å². The van der Waals surface area contributed by atoms with Crippen molar-refractivity contribution < 1.29 is 29.2 Å². The number of imide groups is 1. The second-order valence-electron chi connectivity index (χ2n) is 4.58. The van der Waals surface area contributed by atoms with Gasteiger partial charge in [-0.1, -0.05) is 0 Å². The molecule has 0 aromatic heterocycles. The third kappa shape index (κ3) is 3.30. The number of phenolic OH excluding ortho intramolecular Hbond substituents is 1. The van der Waals surface area contributed by atoms with Crippen molar-refractivity contribution in [2.75, 3.05) is 13.7 Å². The van der Waals surface area contributed by atoms with Crippen LogP contribution in [0.25, 0.3) is 6.08 Å². The summed E-state index contributed by atoms with van der Waals surface area (Å²) in [6.45, 7) is -0.577. The molecule has 0 spiro atoms. The van der Waals surface area contributed by atoms with Gasteiger partial charge >= 0.3 is 0 Å². The highest BCUT2D eigenvalue weighted by atomic mass is 32.2. The van der Waals surface area contributed by atoms with Crippen LogP contribution in [0.5, 0.6) is 11.5 Å². The van der Waals surface area contributed by atoms with Crippen molar-refractivity contribution in [1.29, 1.82) is 0 Å². The Morgan fingerprint density at radius 2 is 2.17 bits per heavy atom. The van der Waals surface area contributed by atoms with Crippen LogP contribution in [-0.4, -0.2) is 45.6 Å². The Balaban J connectivity index is 2.46. The van der Waals surface area contributed by atoms with Crippen LogP contribution < -0.4 is 10.5 Å². The summed E-state index contributed by atoms with van der Waals surface area (Å²) >= 11 is 0.524. The Morgan fingerprint density at radius 3 is 2.71 bits per heavy atom. The molecule has 0 saturated carbocycles. The number of amides is 3. The number of rotatable bonds is 5. The quantitative estimate of drug-likeness (QED) is 0.448. The minimum Gasteiger partial charge on any atom is -0.504 e. The van der Waals surface area contributed by atoms with Crippen LogP contribution in [0.1, 0.15) is 5.56 Å². The second-order valence-corrected chi connectivity index (χ2v) is 5.57. The van der Waals surface area contributed by atoms with Gasteiger partial charge in [0.2, 0.25) is 5.91 Å². The van der Waals surface area contributed by atoms with E-state index in [-0.39, 0.29) is 21.9 Å². The van der Waals surface area contributed by atoms with E-state index in [4.69, 9.17) is 10.5 Å². The molecule has 0 bridgehead atoms. The minimum absolute atomic E-state index is 0.0781. The third-order valence-electron chi connectivity index (χ3n) is 2.99. The van der Waals surface area contributed by atoms with E-state index in [1.54, 1.807) is 0 Å². The maximum absolute atomic E-state index is 12.1. The summed E-state index contributed by atoms with van der Waals surface area (Å²) in [7, 11) is 1.21. The number of carbonyl (C=O) groups excluding carboxylic acids is 3. The lowest BCUT2D eigenvalue weighted by atomic mass is 10.1. The van der Waals surface area contributed by atoms with Crippen LogP contribution in [0.3, 0.4) is 0 Å². The number of nitrogens with zero attached hydrogens (tertiary/aromatic N) is 2. The number of ether oxygens (including phenoxy) is 1.